The van der Waals surface area contributed by atoms with Crippen LogP contribution in [-0.2, 0) is 13.1 Å². The Labute approximate surface area is 165 Å². The van der Waals surface area contributed by atoms with Crippen LogP contribution in [0.15, 0.2) is 29.3 Å². The minimum Gasteiger partial charge on any atom is -0.357 e. The molecule has 2 saturated heterocycles. The van der Waals surface area contributed by atoms with Gasteiger partial charge in [-0.1, -0.05) is 24.3 Å². The lowest BCUT2D eigenvalue weighted by Crippen LogP contribution is -2.42. The van der Waals surface area contributed by atoms with E-state index >= 15 is 0 Å². The Hall–Kier alpha value is -1.59. The normalized spacial score (nSPS) is 20.1. The van der Waals surface area contributed by atoms with Gasteiger partial charge >= 0.3 is 0 Å². The Kier molecular flexibility index (Phi) is 7.96. The molecule has 0 aliphatic carbocycles. The quantitative estimate of drug-likeness (QED) is 0.571. The number of likely N-dealkylation sites (tertiary alicyclic amines) is 2. The van der Waals surface area contributed by atoms with Gasteiger partial charge in [-0.25, -0.2) is 4.99 Å². The fraction of sp³-hybridized carbons (Fsp3) is 0.682. The third kappa shape index (κ3) is 6.82. The summed E-state index contributed by atoms with van der Waals surface area (Å²) in [6.45, 7) is 10.8. The van der Waals surface area contributed by atoms with E-state index in [2.05, 4.69) is 58.7 Å². The lowest BCUT2D eigenvalue weighted by Gasteiger charge is -2.29. The van der Waals surface area contributed by atoms with E-state index in [1.54, 1.807) is 0 Å². The zero-order chi connectivity index (χ0) is 18.9. The van der Waals surface area contributed by atoms with Gasteiger partial charge in [0.25, 0.3) is 0 Å². The lowest BCUT2D eigenvalue weighted by molar-refractivity contribution is 0.220. The first kappa shape index (κ1) is 20.2. The fourth-order valence-corrected chi connectivity index (χ4v) is 3.97. The third-order valence-electron chi connectivity index (χ3n) is 5.79. The Balaban J connectivity index is 1.46. The number of hydrogen-bond acceptors (Lipinski definition) is 3. The summed E-state index contributed by atoms with van der Waals surface area (Å²) in [5.41, 5.74) is 2.69. The molecule has 1 aromatic rings. The summed E-state index contributed by atoms with van der Waals surface area (Å²) < 4.78 is 0. The smallest absolute Gasteiger partial charge is 0.191 e. The van der Waals surface area contributed by atoms with Gasteiger partial charge in [0.15, 0.2) is 5.96 Å². The number of benzene rings is 1. The first-order valence-corrected chi connectivity index (χ1v) is 10.7. The number of guanidine groups is 1. The molecule has 0 radical (unpaired) electrons. The van der Waals surface area contributed by atoms with Gasteiger partial charge in [0.05, 0.1) is 6.54 Å². The van der Waals surface area contributed by atoms with E-state index in [1.165, 1.54) is 63.0 Å². The van der Waals surface area contributed by atoms with E-state index in [1.807, 2.05) is 0 Å². The van der Waals surface area contributed by atoms with Gasteiger partial charge in [0.2, 0.25) is 0 Å². The molecule has 2 heterocycles. The fourth-order valence-electron chi connectivity index (χ4n) is 3.97. The van der Waals surface area contributed by atoms with Gasteiger partial charge < -0.3 is 15.5 Å². The number of nitrogens with one attached hydrogen (secondary N) is 2. The summed E-state index contributed by atoms with van der Waals surface area (Å²) in [6, 6.07) is 9.00. The minimum atomic E-state index is 0.729. The summed E-state index contributed by atoms with van der Waals surface area (Å²) in [5, 5.41) is 6.93. The zero-order valence-electron chi connectivity index (χ0n) is 17.2. The maximum Gasteiger partial charge on any atom is 0.191 e. The van der Waals surface area contributed by atoms with Crippen molar-refractivity contribution >= 4 is 5.96 Å². The Morgan fingerprint density at radius 3 is 2.33 bits per heavy atom. The molecule has 2 fully saturated rings. The maximum atomic E-state index is 4.79. The van der Waals surface area contributed by atoms with E-state index in [9.17, 15) is 0 Å². The SMILES string of the molecule is CCNC(=NCc1ccc(CN2CCCC2)cc1)NCC1CCN(C)CC1. The van der Waals surface area contributed by atoms with Crippen LogP contribution in [0.2, 0.25) is 0 Å². The number of nitrogens with zero attached hydrogens (tertiary/aromatic N) is 3. The molecule has 5 nitrogen and oxygen atoms in total. The second-order valence-electron chi connectivity index (χ2n) is 8.12. The molecule has 5 heteroatoms. The number of hydrogen-bond donors (Lipinski definition) is 2. The van der Waals surface area contributed by atoms with Crippen molar-refractivity contribution in [1.29, 1.82) is 0 Å². The van der Waals surface area contributed by atoms with E-state index in [-0.39, 0.29) is 0 Å². The third-order valence-corrected chi connectivity index (χ3v) is 5.79. The first-order chi connectivity index (χ1) is 13.2. The molecule has 0 unspecified atom stereocenters. The lowest BCUT2D eigenvalue weighted by atomic mass is 9.97. The van der Waals surface area contributed by atoms with Crippen LogP contribution in [0.25, 0.3) is 0 Å². The van der Waals surface area contributed by atoms with Crippen molar-refractivity contribution in [3.8, 4) is 0 Å². The Bertz CT molecular complexity index is 569. The second-order valence-corrected chi connectivity index (χ2v) is 8.12. The average Bonchev–Trinajstić information content (AvgIpc) is 3.19. The Morgan fingerprint density at radius 2 is 1.67 bits per heavy atom. The van der Waals surface area contributed by atoms with Crippen molar-refractivity contribution in [3.05, 3.63) is 35.4 Å². The summed E-state index contributed by atoms with van der Waals surface area (Å²) in [4.78, 5) is 9.75. The molecule has 2 aliphatic rings. The van der Waals surface area contributed by atoms with Crippen LogP contribution < -0.4 is 10.6 Å². The summed E-state index contributed by atoms with van der Waals surface area (Å²) in [5.74, 6) is 1.70. The molecular formula is C22H37N5. The van der Waals surface area contributed by atoms with Gasteiger partial charge in [-0.2, -0.15) is 0 Å². The predicted octanol–water partition coefficient (Wildman–Crippen LogP) is 2.68. The molecular weight excluding hydrogens is 334 g/mol. The number of aliphatic imine (C=N–C) groups is 1. The van der Waals surface area contributed by atoms with Gasteiger partial charge in [0, 0.05) is 19.6 Å². The molecule has 150 valence electrons. The highest BCUT2D eigenvalue weighted by Gasteiger charge is 2.16. The van der Waals surface area contributed by atoms with E-state index in [4.69, 9.17) is 4.99 Å². The van der Waals surface area contributed by atoms with Gasteiger partial charge in [0.1, 0.15) is 0 Å². The molecule has 0 amide bonds. The predicted molar refractivity (Wildman–Crippen MR) is 114 cm³/mol. The van der Waals surface area contributed by atoms with Crippen molar-refractivity contribution in [2.24, 2.45) is 10.9 Å². The molecule has 1 aromatic carbocycles. The molecule has 27 heavy (non-hydrogen) atoms. The van der Waals surface area contributed by atoms with Crippen molar-refractivity contribution < 1.29 is 0 Å². The van der Waals surface area contributed by atoms with E-state index in [0.29, 0.717) is 0 Å². The number of piperidine rings is 1. The molecule has 3 rings (SSSR count). The van der Waals surface area contributed by atoms with Crippen molar-refractivity contribution in [2.75, 3.05) is 46.3 Å². The van der Waals surface area contributed by atoms with Crippen LogP contribution >= 0.6 is 0 Å². The molecule has 0 atom stereocenters. The zero-order valence-corrected chi connectivity index (χ0v) is 17.2. The maximum absolute atomic E-state index is 4.79. The van der Waals surface area contributed by atoms with Crippen molar-refractivity contribution in [2.45, 2.75) is 45.7 Å². The monoisotopic (exact) mass is 371 g/mol. The summed E-state index contributed by atoms with van der Waals surface area (Å²) in [6.07, 6.45) is 5.26. The molecule has 0 spiro atoms. The largest absolute Gasteiger partial charge is 0.357 e. The van der Waals surface area contributed by atoms with Gasteiger partial charge in [-0.05, 0) is 82.9 Å². The van der Waals surface area contributed by atoms with Crippen LogP contribution in [0.4, 0.5) is 0 Å². The summed E-state index contributed by atoms with van der Waals surface area (Å²) in [7, 11) is 2.21. The Morgan fingerprint density at radius 1 is 1.00 bits per heavy atom. The first-order valence-electron chi connectivity index (χ1n) is 10.7. The van der Waals surface area contributed by atoms with Gasteiger partial charge in [-0.15, -0.1) is 0 Å². The topological polar surface area (TPSA) is 42.9 Å². The average molecular weight is 372 g/mol. The molecule has 2 aliphatic heterocycles. The highest BCUT2D eigenvalue weighted by Crippen LogP contribution is 2.15. The standard InChI is InChI=1S/C22H37N5/c1-3-23-22(25-17-20-10-14-26(2)15-11-20)24-16-19-6-8-21(9-7-19)18-27-12-4-5-13-27/h6-9,20H,3-5,10-18H2,1-2H3,(H2,23,24,25). The molecule has 0 bridgehead atoms. The summed E-state index contributed by atoms with van der Waals surface area (Å²) >= 11 is 0. The number of rotatable bonds is 7. The molecule has 0 saturated carbocycles. The molecule has 0 aromatic heterocycles. The van der Waals surface area contributed by atoms with Crippen LogP contribution in [0.5, 0.6) is 0 Å². The minimum absolute atomic E-state index is 0.729. The van der Waals surface area contributed by atoms with Crippen LogP contribution in [0, 0.1) is 5.92 Å². The van der Waals surface area contributed by atoms with Crippen LogP contribution in [-0.4, -0.2) is 62.1 Å². The van der Waals surface area contributed by atoms with Gasteiger partial charge in [-0.3, -0.25) is 4.90 Å². The molecule has 2 N–H and O–H groups in total. The second kappa shape index (κ2) is 10.7. The van der Waals surface area contributed by atoms with Crippen molar-refractivity contribution in [3.63, 3.8) is 0 Å². The highest BCUT2D eigenvalue weighted by atomic mass is 15.2. The van der Waals surface area contributed by atoms with Crippen molar-refractivity contribution in [1.82, 2.24) is 20.4 Å². The highest BCUT2D eigenvalue weighted by molar-refractivity contribution is 5.79. The van der Waals surface area contributed by atoms with Crippen LogP contribution in [0.3, 0.4) is 0 Å². The van der Waals surface area contributed by atoms with Crippen LogP contribution in [0.1, 0.15) is 43.7 Å². The van der Waals surface area contributed by atoms with E-state index in [0.717, 1.165) is 38.1 Å². The van der Waals surface area contributed by atoms with E-state index < -0.39 is 0 Å².